The standard InChI is InChI=1S/C13H17BrFNO2/c1-8(16-12(17)18-13(2,3)4)10-6-5-9(14)7-11(10)15/h5-8H,1-4H3,(H,16,17). The first kappa shape index (κ1) is 15.0. The number of alkyl carbamates (subject to hydrolysis) is 1. The Kier molecular flexibility index (Phi) is 4.73. The Balaban J connectivity index is 2.71. The van der Waals surface area contributed by atoms with Gasteiger partial charge < -0.3 is 10.1 Å². The highest BCUT2D eigenvalue weighted by Gasteiger charge is 2.19. The molecule has 0 aromatic heterocycles. The van der Waals surface area contributed by atoms with E-state index in [-0.39, 0.29) is 5.82 Å². The predicted octanol–water partition coefficient (Wildman–Crippen LogP) is 4.17. The van der Waals surface area contributed by atoms with Gasteiger partial charge >= 0.3 is 6.09 Å². The lowest BCUT2D eigenvalue weighted by molar-refractivity contribution is 0.0507. The minimum absolute atomic E-state index is 0.368. The smallest absolute Gasteiger partial charge is 0.408 e. The SMILES string of the molecule is CC(NC(=O)OC(C)(C)C)c1ccc(Br)cc1F. The van der Waals surface area contributed by atoms with Crippen molar-refractivity contribution in [3.05, 3.63) is 34.1 Å². The number of carbonyl (C=O) groups is 1. The van der Waals surface area contributed by atoms with Crippen LogP contribution in [-0.2, 0) is 4.74 Å². The number of halogens is 2. The Morgan fingerprint density at radius 2 is 2.06 bits per heavy atom. The number of benzene rings is 1. The van der Waals surface area contributed by atoms with Crippen molar-refractivity contribution in [3.63, 3.8) is 0 Å². The Labute approximate surface area is 115 Å². The summed E-state index contributed by atoms with van der Waals surface area (Å²) in [6.45, 7) is 7.03. The van der Waals surface area contributed by atoms with Crippen molar-refractivity contribution in [2.24, 2.45) is 0 Å². The van der Waals surface area contributed by atoms with E-state index >= 15 is 0 Å². The maximum absolute atomic E-state index is 13.7. The molecule has 1 atom stereocenters. The number of amides is 1. The Hall–Kier alpha value is -1.10. The van der Waals surface area contributed by atoms with E-state index in [9.17, 15) is 9.18 Å². The molecule has 0 saturated carbocycles. The van der Waals surface area contributed by atoms with E-state index in [1.54, 1.807) is 39.8 Å². The summed E-state index contributed by atoms with van der Waals surface area (Å²) in [5.74, 6) is -0.368. The van der Waals surface area contributed by atoms with Gasteiger partial charge in [-0.15, -0.1) is 0 Å². The van der Waals surface area contributed by atoms with Crippen LogP contribution in [0.1, 0.15) is 39.3 Å². The summed E-state index contributed by atoms with van der Waals surface area (Å²) in [4.78, 5) is 11.6. The zero-order valence-corrected chi connectivity index (χ0v) is 12.5. The molecule has 1 aromatic rings. The summed E-state index contributed by atoms with van der Waals surface area (Å²) in [6, 6.07) is 4.27. The number of hydrogen-bond acceptors (Lipinski definition) is 2. The van der Waals surface area contributed by atoms with Crippen molar-refractivity contribution >= 4 is 22.0 Å². The third kappa shape index (κ3) is 4.64. The van der Waals surface area contributed by atoms with Crippen LogP contribution in [0.15, 0.2) is 22.7 Å². The molecule has 1 rings (SSSR count). The zero-order valence-electron chi connectivity index (χ0n) is 10.9. The first-order valence-electron chi connectivity index (χ1n) is 5.63. The van der Waals surface area contributed by atoms with Crippen molar-refractivity contribution in [1.82, 2.24) is 5.32 Å². The topological polar surface area (TPSA) is 38.3 Å². The number of carbonyl (C=O) groups excluding carboxylic acids is 1. The molecule has 0 fully saturated rings. The molecule has 0 aliphatic rings. The molecule has 0 radical (unpaired) electrons. The van der Waals surface area contributed by atoms with Crippen molar-refractivity contribution < 1.29 is 13.9 Å². The van der Waals surface area contributed by atoms with Crippen molar-refractivity contribution in [2.45, 2.75) is 39.3 Å². The minimum Gasteiger partial charge on any atom is -0.444 e. The molecule has 0 aliphatic carbocycles. The number of nitrogens with one attached hydrogen (secondary N) is 1. The molecule has 1 aromatic carbocycles. The molecular weight excluding hydrogens is 301 g/mol. The summed E-state index contributed by atoms with van der Waals surface area (Å²) >= 11 is 3.18. The van der Waals surface area contributed by atoms with Crippen LogP contribution >= 0.6 is 15.9 Å². The molecule has 18 heavy (non-hydrogen) atoms. The molecule has 1 unspecified atom stereocenters. The Bertz CT molecular complexity index is 443. The largest absolute Gasteiger partial charge is 0.444 e. The molecule has 0 spiro atoms. The van der Waals surface area contributed by atoms with E-state index in [0.29, 0.717) is 10.0 Å². The van der Waals surface area contributed by atoms with Gasteiger partial charge in [0.2, 0.25) is 0 Å². The van der Waals surface area contributed by atoms with Gasteiger partial charge in [0.15, 0.2) is 0 Å². The Morgan fingerprint density at radius 1 is 1.44 bits per heavy atom. The van der Waals surface area contributed by atoms with Gasteiger partial charge in [0, 0.05) is 10.0 Å². The van der Waals surface area contributed by atoms with E-state index in [0.717, 1.165) is 0 Å². The lowest BCUT2D eigenvalue weighted by Gasteiger charge is -2.22. The van der Waals surface area contributed by atoms with Crippen LogP contribution in [0.25, 0.3) is 0 Å². The number of hydrogen-bond donors (Lipinski definition) is 1. The van der Waals surface area contributed by atoms with Gasteiger partial charge in [-0.2, -0.15) is 0 Å². The van der Waals surface area contributed by atoms with Gasteiger partial charge in [0.25, 0.3) is 0 Å². The fraction of sp³-hybridized carbons (Fsp3) is 0.462. The normalized spacial score (nSPS) is 13.0. The van der Waals surface area contributed by atoms with Crippen molar-refractivity contribution in [2.75, 3.05) is 0 Å². The van der Waals surface area contributed by atoms with Crippen LogP contribution in [0.3, 0.4) is 0 Å². The second kappa shape index (κ2) is 5.69. The van der Waals surface area contributed by atoms with Crippen molar-refractivity contribution in [3.8, 4) is 0 Å². The van der Waals surface area contributed by atoms with Gasteiger partial charge in [-0.3, -0.25) is 0 Å². The maximum atomic E-state index is 13.7. The summed E-state index contributed by atoms with van der Waals surface area (Å²) in [5, 5.41) is 2.60. The number of ether oxygens (including phenoxy) is 1. The van der Waals surface area contributed by atoms with Crippen LogP contribution in [0.2, 0.25) is 0 Å². The van der Waals surface area contributed by atoms with E-state index in [4.69, 9.17) is 4.74 Å². The van der Waals surface area contributed by atoms with Crippen LogP contribution in [-0.4, -0.2) is 11.7 Å². The third-order valence-electron chi connectivity index (χ3n) is 2.16. The summed E-state index contributed by atoms with van der Waals surface area (Å²) in [6.07, 6.45) is -0.558. The van der Waals surface area contributed by atoms with E-state index in [1.165, 1.54) is 6.07 Å². The number of rotatable bonds is 2. The highest BCUT2D eigenvalue weighted by molar-refractivity contribution is 9.10. The summed E-state index contributed by atoms with van der Waals surface area (Å²) < 4.78 is 19.4. The van der Waals surface area contributed by atoms with Crippen LogP contribution in [0.5, 0.6) is 0 Å². The summed E-state index contributed by atoms with van der Waals surface area (Å²) in [5.41, 5.74) is -0.147. The average Bonchev–Trinajstić information content (AvgIpc) is 2.13. The molecule has 0 heterocycles. The van der Waals surface area contributed by atoms with Crippen LogP contribution in [0.4, 0.5) is 9.18 Å². The lowest BCUT2D eigenvalue weighted by atomic mass is 10.1. The van der Waals surface area contributed by atoms with Gasteiger partial charge in [-0.25, -0.2) is 9.18 Å². The fourth-order valence-electron chi connectivity index (χ4n) is 1.41. The van der Waals surface area contributed by atoms with Gasteiger partial charge in [-0.05, 0) is 39.8 Å². The zero-order chi connectivity index (χ0) is 13.9. The third-order valence-corrected chi connectivity index (χ3v) is 2.66. The fourth-order valence-corrected chi connectivity index (χ4v) is 1.75. The lowest BCUT2D eigenvalue weighted by Crippen LogP contribution is -2.34. The predicted molar refractivity (Wildman–Crippen MR) is 71.9 cm³/mol. The quantitative estimate of drug-likeness (QED) is 0.888. The van der Waals surface area contributed by atoms with Gasteiger partial charge in [0.05, 0.1) is 6.04 Å². The van der Waals surface area contributed by atoms with E-state index in [1.807, 2.05) is 0 Å². The molecule has 1 amide bonds. The molecule has 0 bridgehead atoms. The molecule has 3 nitrogen and oxygen atoms in total. The highest BCUT2D eigenvalue weighted by Crippen LogP contribution is 2.21. The molecule has 0 saturated heterocycles. The highest BCUT2D eigenvalue weighted by atomic mass is 79.9. The van der Waals surface area contributed by atoms with Crippen molar-refractivity contribution in [1.29, 1.82) is 0 Å². The second-order valence-corrected chi connectivity index (χ2v) is 5.95. The molecular formula is C13H17BrFNO2. The van der Waals surface area contributed by atoms with E-state index in [2.05, 4.69) is 21.2 Å². The molecule has 1 N–H and O–H groups in total. The monoisotopic (exact) mass is 317 g/mol. The van der Waals surface area contributed by atoms with E-state index < -0.39 is 17.7 Å². The molecule has 100 valence electrons. The molecule has 0 aliphatic heterocycles. The maximum Gasteiger partial charge on any atom is 0.408 e. The molecule has 5 heteroatoms. The first-order valence-corrected chi connectivity index (χ1v) is 6.43. The minimum atomic E-state index is -0.567. The van der Waals surface area contributed by atoms with Crippen LogP contribution < -0.4 is 5.32 Å². The van der Waals surface area contributed by atoms with Gasteiger partial charge in [0.1, 0.15) is 11.4 Å². The second-order valence-electron chi connectivity index (χ2n) is 5.03. The van der Waals surface area contributed by atoms with Crippen LogP contribution in [0, 0.1) is 5.82 Å². The van der Waals surface area contributed by atoms with Gasteiger partial charge in [-0.1, -0.05) is 22.0 Å². The Morgan fingerprint density at radius 3 is 2.56 bits per heavy atom. The first-order chi connectivity index (χ1) is 8.19. The summed E-state index contributed by atoms with van der Waals surface area (Å²) in [7, 11) is 0. The average molecular weight is 318 g/mol.